The predicted molar refractivity (Wildman–Crippen MR) is 57.7 cm³/mol. The molecule has 1 aromatic carbocycles. The third-order valence-corrected chi connectivity index (χ3v) is 2.98. The molecular weight excluding hydrogens is 174 g/mol. The lowest BCUT2D eigenvalue weighted by Gasteiger charge is -2.13. The standard InChI is InChI=1S/C12H15NO/c1-7-5-8(2)11-10(6-7)9(3)12(14)13(11)4/h5-6,9H,1-4H3/t9-/m0/s1. The first-order valence-corrected chi connectivity index (χ1v) is 4.91. The number of likely N-dealkylation sites (N-methyl/N-ethyl adjacent to an activating group) is 1. The zero-order valence-corrected chi connectivity index (χ0v) is 9.09. The number of carbonyl (C=O) groups excluding carboxylic acids is 1. The van der Waals surface area contributed by atoms with Gasteiger partial charge in [0.05, 0.1) is 11.6 Å². The molecule has 0 spiro atoms. The lowest BCUT2D eigenvalue weighted by Crippen LogP contribution is -2.23. The van der Waals surface area contributed by atoms with E-state index in [2.05, 4.69) is 26.0 Å². The molecule has 74 valence electrons. The summed E-state index contributed by atoms with van der Waals surface area (Å²) in [6.07, 6.45) is 0. The van der Waals surface area contributed by atoms with Crippen molar-refractivity contribution in [3.63, 3.8) is 0 Å². The summed E-state index contributed by atoms with van der Waals surface area (Å²) >= 11 is 0. The molecule has 0 bridgehead atoms. The van der Waals surface area contributed by atoms with E-state index in [9.17, 15) is 4.79 Å². The minimum Gasteiger partial charge on any atom is -0.314 e. The predicted octanol–water partition coefficient (Wildman–Crippen LogP) is 2.38. The fraction of sp³-hybridized carbons (Fsp3) is 0.417. The highest BCUT2D eigenvalue weighted by Gasteiger charge is 2.32. The van der Waals surface area contributed by atoms with Crippen molar-refractivity contribution in [1.82, 2.24) is 0 Å². The summed E-state index contributed by atoms with van der Waals surface area (Å²) in [6, 6.07) is 4.25. The molecule has 0 unspecified atom stereocenters. The minimum atomic E-state index is 0.0219. The Morgan fingerprint density at radius 1 is 1.29 bits per heavy atom. The number of nitrogens with zero attached hydrogens (tertiary/aromatic N) is 1. The molecule has 0 fully saturated rings. The fourth-order valence-corrected chi connectivity index (χ4v) is 2.31. The molecule has 0 aliphatic carbocycles. The number of benzene rings is 1. The Balaban J connectivity index is 2.69. The van der Waals surface area contributed by atoms with E-state index in [0.717, 1.165) is 5.69 Å². The second-order valence-corrected chi connectivity index (χ2v) is 4.14. The molecule has 0 saturated heterocycles. The average Bonchev–Trinajstić information content (AvgIpc) is 2.31. The van der Waals surface area contributed by atoms with Crippen molar-refractivity contribution in [2.24, 2.45) is 0 Å². The maximum Gasteiger partial charge on any atom is 0.234 e. The van der Waals surface area contributed by atoms with E-state index in [0.29, 0.717) is 0 Å². The molecule has 1 atom stereocenters. The third kappa shape index (κ3) is 1.07. The maximum atomic E-state index is 11.8. The summed E-state index contributed by atoms with van der Waals surface area (Å²) in [5, 5.41) is 0. The smallest absolute Gasteiger partial charge is 0.234 e. The van der Waals surface area contributed by atoms with Crippen LogP contribution in [0.15, 0.2) is 12.1 Å². The summed E-state index contributed by atoms with van der Waals surface area (Å²) in [5.41, 5.74) is 4.71. The molecule has 0 N–H and O–H groups in total. The van der Waals surface area contributed by atoms with Gasteiger partial charge in [-0.05, 0) is 31.9 Å². The fourth-order valence-electron chi connectivity index (χ4n) is 2.31. The second-order valence-electron chi connectivity index (χ2n) is 4.14. The average molecular weight is 189 g/mol. The van der Waals surface area contributed by atoms with Gasteiger partial charge >= 0.3 is 0 Å². The van der Waals surface area contributed by atoms with Crippen LogP contribution >= 0.6 is 0 Å². The molecule has 0 radical (unpaired) electrons. The highest BCUT2D eigenvalue weighted by molar-refractivity contribution is 6.05. The van der Waals surface area contributed by atoms with E-state index >= 15 is 0 Å². The van der Waals surface area contributed by atoms with Crippen LogP contribution in [0.25, 0.3) is 0 Å². The van der Waals surface area contributed by atoms with Gasteiger partial charge in [-0.15, -0.1) is 0 Å². The van der Waals surface area contributed by atoms with Crippen LogP contribution in [0.2, 0.25) is 0 Å². The highest BCUT2D eigenvalue weighted by Crippen LogP contribution is 2.38. The van der Waals surface area contributed by atoms with Crippen LogP contribution in [0.3, 0.4) is 0 Å². The Kier molecular flexibility index (Phi) is 1.88. The zero-order chi connectivity index (χ0) is 10.5. The van der Waals surface area contributed by atoms with E-state index in [4.69, 9.17) is 0 Å². The van der Waals surface area contributed by atoms with Gasteiger partial charge < -0.3 is 4.90 Å². The molecule has 1 aliphatic heterocycles. The Morgan fingerprint density at radius 3 is 2.57 bits per heavy atom. The molecule has 2 nitrogen and oxygen atoms in total. The topological polar surface area (TPSA) is 20.3 Å². The van der Waals surface area contributed by atoms with Gasteiger partial charge in [0.2, 0.25) is 5.91 Å². The zero-order valence-electron chi connectivity index (χ0n) is 9.09. The minimum absolute atomic E-state index is 0.0219. The van der Waals surface area contributed by atoms with E-state index in [1.54, 1.807) is 4.90 Å². The first-order chi connectivity index (χ1) is 6.52. The van der Waals surface area contributed by atoms with Gasteiger partial charge in [0, 0.05) is 7.05 Å². The van der Waals surface area contributed by atoms with Gasteiger partial charge in [-0.25, -0.2) is 0 Å². The van der Waals surface area contributed by atoms with Crippen molar-refractivity contribution in [2.75, 3.05) is 11.9 Å². The van der Waals surface area contributed by atoms with Gasteiger partial charge in [0.15, 0.2) is 0 Å². The number of anilines is 1. The van der Waals surface area contributed by atoms with E-state index < -0.39 is 0 Å². The lowest BCUT2D eigenvalue weighted by molar-refractivity contribution is -0.118. The Hall–Kier alpha value is -1.31. The third-order valence-electron chi connectivity index (χ3n) is 2.98. The maximum absolute atomic E-state index is 11.8. The number of fused-ring (bicyclic) bond motifs is 1. The van der Waals surface area contributed by atoms with Gasteiger partial charge in [-0.1, -0.05) is 17.7 Å². The van der Waals surface area contributed by atoms with Crippen molar-refractivity contribution in [3.05, 3.63) is 28.8 Å². The molecule has 2 heteroatoms. The normalized spacial score (nSPS) is 20.1. The van der Waals surface area contributed by atoms with Crippen molar-refractivity contribution in [3.8, 4) is 0 Å². The summed E-state index contributed by atoms with van der Waals surface area (Å²) in [5.74, 6) is 0.224. The SMILES string of the molecule is Cc1cc(C)c2c(c1)[C@H](C)C(=O)N2C. The summed E-state index contributed by atoms with van der Waals surface area (Å²) in [7, 11) is 1.85. The van der Waals surface area contributed by atoms with Crippen molar-refractivity contribution in [2.45, 2.75) is 26.7 Å². The molecule has 1 heterocycles. The Bertz CT molecular complexity index is 409. The van der Waals surface area contributed by atoms with E-state index in [-0.39, 0.29) is 11.8 Å². The molecule has 2 rings (SSSR count). The number of carbonyl (C=O) groups is 1. The van der Waals surface area contributed by atoms with Gasteiger partial charge in [-0.2, -0.15) is 0 Å². The van der Waals surface area contributed by atoms with Crippen molar-refractivity contribution < 1.29 is 4.79 Å². The molecule has 0 saturated carbocycles. The van der Waals surface area contributed by atoms with Gasteiger partial charge in [0.25, 0.3) is 0 Å². The van der Waals surface area contributed by atoms with Crippen molar-refractivity contribution >= 4 is 11.6 Å². The monoisotopic (exact) mass is 189 g/mol. The van der Waals surface area contributed by atoms with Crippen molar-refractivity contribution in [1.29, 1.82) is 0 Å². The molecule has 1 aliphatic rings. The van der Waals surface area contributed by atoms with Crippen LogP contribution in [0.4, 0.5) is 5.69 Å². The number of hydrogen-bond acceptors (Lipinski definition) is 1. The quantitative estimate of drug-likeness (QED) is 0.613. The van der Waals surface area contributed by atoms with Gasteiger partial charge in [-0.3, -0.25) is 4.79 Å². The molecule has 1 amide bonds. The number of hydrogen-bond donors (Lipinski definition) is 0. The Labute approximate surface area is 84.5 Å². The van der Waals surface area contributed by atoms with Crippen LogP contribution in [-0.2, 0) is 4.79 Å². The Morgan fingerprint density at radius 2 is 1.93 bits per heavy atom. The summed E-state index contributed by atoms with van der Waals surface area (Å²) in [4.78, 5) is 13.5. The summed E-state index contributed by atoms with van der Waals surface area (Å²) in [6.45, 7) is 6.11. The number of aryl methyl sites for hydroxylation is 2. The van der Waals surface area contributed by atoms with Crippen LogP contribution in [0, 0.1) is 13.8 Å². The van der Waals surface area contributed by atoms with Crippen LogP contribution in [0.5, 0.6) is 0 Å². The number of amides is 1. The van der Waals surface area contributed by atoms with Crippen LogP contribution in [0.1, 0.15) is 29.5 Å². The van der Waals surface area contributed by atoms with Crippen LogP contribution < -0.4 is 4.90 Å². The van der Waals surface area contributed by atoms with E-state index in [1.807, 2.05) is 14.0 Å². The lowest BCUT2D eigenvalue weighted by atomic mass is 9.98. The first-order valence-electron chi connectivity index (χ1n) is 4.91. The largest absolute Gasteiger partial charge is 0.314 e. The first kappa shape index (κ1) is 9.25. The molecule has 0 aromatic heterocycles. The second kappa shape index (κ2) is 2.84. The summed E-state index contributed by atoms with van der Waals surface area (Å²) < 4.78 is 0. The number of rotatable bonds is 0. The highest BCUT2D eigenvalue weighted by atomic mass is 16.2. The molecule has 1 aromatic rings. The molecule has 14 heavy (non-hydrogen) atoms. The van der Waals surface area contributed by atoms with E-state index in [1.165, 1.54) is 16.7 Å². The van der Waals surface area contributed by atoms with Crippen LogP contribution in [-0.4, -0.2) is 13.0 Å². The van der Waals surface area contributed by atoms with Gasteiger partial charge in [0.1, 0.15) is 0 Å². The molecular formula is C12H15NO.